The summed E-state index contributed by atoms with van der Waals surface area (Å²) in [5.74, 6) is 0.254. The van der Waals surface area contributed by atoms with Gasteiger partial charge in [-0.05, 0) is 31.1 Å². The summed E-state index contributed by atoms with van der Waals surface area (Å²) in [5, 5.41) is 3.08. The molecule has 168 valence electrons. The van der Waals surface area contributed by atoms with Crippen LogP contribution in [0.5, 0.6) is 0 Å². The van der Waals surface area contributed by atoms with Crippen molar-refractivity contribution >= 4 is 55.3 Å². The number of aryl methyl sites for hydroxylation is 2. The van der Waals surface area contributed by atoms with Crippen LogP contribution in [0.15, 0.2) is 47.1 Å². The summed E-state index contributed by atoms with van der Waals surface area (Å²) in [7, 11) is -3.52. The fourth-order valence-electron chi connectivity index (χ4n) is 3.49. The van der Waals surface area contributed by atoms with E-state index in [1.807, 2.05) is 30.3 Å². The van der Waals surface area contributed by atoms with Crippen LogP contribution < -0.4 is 0 Å². The Morgan fingerprint density at radius 1 is 1.12 bits per heavy atom. The zero-order valence-corrected chi connectivity index (χ0v) is 20.3. The molecule has 0 aliphatic carbocycles. The summed E-state index contributed by atoms with van der Waals surface area (Å²) in [5.41, 5.74) is 1.99. The van der Waals surface area contributed by atoms with Gasteiger partial charge in [-0.1, -0.05) is 42.1 Å². The first-order chi connectivity index (χ1) is 15.3. The first-order valence-electron chi connectivity index (χ1n) is 10.2. The van der Waals surface area contributed by atoms with Gasteiger partial charge in [0.1, 0.15) is 16.2 Å². The molecule has 4 rings (SSSR count). The number of thiophene rings is 1. The number of carbonyl (C=O) groups excluding carboxylic acids is 1. The highest BCUT2D eigenvalue weighted by atomic mass is 32.2. The molecule has 1 aliphatic rings. The molecule has 0 bridgehead atoms. The molecule has 0 unspecified atom stereocenters. The van der Waals surface area contributed by atoms with Gasteiger partial charge in [0.05, 0.1) is 5.75 Å². The largest absolute Gasteiger partial charge is 0.339 e. The Bertz CT molecular complexity index is 1250. The van der Waals surface area contributed by atoms with Crippen molar-refractivity contribution in [2.45, 2.75) is 18.9 Å². The van der Waals surface area contributed by atoms with Crippen molar-refractivity contribution in [3.05, 3.63) is 58.1 Å². The zero-order valence-electron chi connectivity index (χ0n) is 17.9. The molecule has 1 aliphatic heterocycles. The molecule has 0 saturated carbocycles. The first kappa shape index (κ1) is 22.9. The minimum atomic E-state index is -3.52. The van der Waals surface area contributed by atoms with Gasteiger partial charge in [-0.2, -0.15) is 4.31 Å². The lowest BCUT2D eigenvalue weighted by Gasteiger charge is -2.33. The molecule has 32 heavy (non-hydrogen) atoms. The van der Waals surface area contributed by atoms with Crippen LogP contribution in [0.4, 0.5) is 0 Å². The van der Waals surface area contributed by atoms with Gasteiger partial charge in [-0.3, -0.25) is 4.79 Å². The van der Waals surface area contributed by atoms with Gasteiger partial charge in [0.15, 0.2) is 0 Å². The molecule has 0 atom stereocenters. The van der Waals surface area contributed by atoms with Crippen LogP contribution in [0.25, 0.3) is 16.3 Å². The fourth-order valence-corrected chi connectivity index (χ4v) is 6.68. The van der Waals surface area contributed by atoms with Gasteiger partial charge in [-0.15, -0.1) is 11.3 Å². The number of piperazine rings is 1. The van der Waals surface area contributed by atoms with Crippen LogP contribution in [0.1, 0.15) is 16.0 Å². The van der Waals surface area contributed by atoms with E-state index in [-0.39, 0.29) is 11.7 Å². The topological polar surface area (TPSA) is 83.5 Å². The summed E-state index contributed by atoms with van der Waals surface area (Å²) in [6.07, 6.45) is 3.14. The van der Waals surface area contributed by atoms with E-state index in [0.717, 1.165) is 26.4 Å². The van der Waals surface area contributed by atoms with Crippen LogP contribution in [-0.2, 0) is 14.8 Å². The van der Waals surface area contributed by atoms with E-state index >= 15 is 0 Å². The number of amides is 1. The Hall–Kier alpha value is -2.27. The number of benzene rings is 1. The lowest BCUT2D eigenvalue weighted by molar-refractivity contribution is -0.129. The van der Waals surface area contributed by atoms with E-state index in [1.165, 1.54) is 32.7 Å². The second-order valence-electron chi connectivity index (χ2n) is 7.47. The molecule has 1 amide bonds. The van der Waals surface area contributed by atoms with Crippen LogP contribution in [0.2, 0.25) is 0 Å². The highest BCUT2D eigenvalue weighted by Crippen LogP contribution is 2.34. The molecule has 1 fully saturated rings. The van der Waals surface area contributed by atoms with Crippen LogP contribution in [-0.4, -0.2) is 65.4 Å². The van der Waals surface area contributed by atoms with Crippen LogP contribution in [0, 0.1) is 13.8 Å². The quantitative estimate of drug-likeness (QED) is 0.390. The number of hydrogen-bond acceptors (Lipinski definition) is 7. The summed E-state index contributed by atoms with van der Waals surface area (Å²) < 4.78 is 26.7. The summed E-state index contributed by atoms with van der Waals surface area (Å²) in [6.45, 7) is 5.46. The Kier molecular flexibility index (Phi) is 6.94. The minimum absolute atomic E-state index is 0.0109. The molecule has 0 spiro atoms. The Morgan fingerprint density at radius 2 is 1.84 bits per heavy atom. The second kappa shape index (κ2) is 9.70. The van der Waals surface area contributed by atoms with E-state index in [2.05, 4.69) is 23.8 Å². The molecule has 1 saturated heterocycles. The number of carbonyl (C=O) groups is 1. The molecule has 10 heteroatoms. The van der Waals surface area contributed by atoms with E-state index < -0.39 is 10.0 Å². The summed E-state index contributed by atoms with van der Waals surface area (Å²) in [6, 6.07) is 9.32. The fraction of sp³-hybridized carbons (Fsp3) is 0.318. The highest BCUT2D eigenvalue weighted by molar-refractivity contribution is 8.00. The van der Waals surface area contributed by atoms with Gasteiger partial charge < -0.3 is 4.90 Å². The number of hydrogen-bond donors (Lipinski definition) is 0. The van der Waals surface area contributed by atoms with Crippen molar-refractivity contribution in [1.82, 2.24) is 19.2 Å². The molecule has 0 radical (unpaired) electrons. The van der Waals surface area contributed by atoms with Crippen molar-refractivity contribution in [2.75, 3.05) is 31.9 Å². The molecular formula is C22H24N4O3S3. The number of thioether (sulfide) groups is 1. The van der Waals surface area contributed by atoms with E-state index in [1.54, 1.807) is 22.3 Å². The molecule has 0 N–H and O–H groups in total. The highest BCUT2D eigenvalue weighted by Gasteiger charge is 2.27. The van der Waals surface area contributed by atoms with Crippen molar-refractivity contribution < 1.29 is 13.2 Å². The lowest BCUT2D eigenvalue weighted by Crippen LogP contribution is -2.50. The number of sulfonamides is 1. The predicted octanol–water partition coefficient (Wildman–Crippen LogP) is 3.55. The minimum Gasteiger partial charge on any atom is -0.339 e. The standard InChI is InChI=1S/C22H24N4O3S3/c1-16-17(2)31-22-20(16)21(23-15-24-22)30-14-19(27)25-9-11-26(12-10-25)32(28,29)13-8-18-6-4-3-5-7-18/h3-8,13,15H,9-12,14H2,1-2H3/b13-8+. The Morgan fingerprint density at radius 3 is 2.56 bits per heavy atom. The van der Waals surface area contributed by atoms with Gasteiger partial charge >= 0.3 is 0 Å². The van der Waals surface area contributed by atoms with Gasteiger partial charge in [-0.25, -0.2) is 18.4 Å². The summed E-state index contributed by atoms with van der Waals surface area (Å²) >= 11 is 3.05. The van der Waals surface area contributed by atoms with Gasteiger partial charge in [0.2, 0.25) is 15.9 Å². The Balaban J connectivity index is 1.33. The van der Waals surface area contributed by atoms with Crippen molar-refractivity contribution in [3.8, 4) is 0 Å². The van der Waals surface area contributed by atoms with Gasteiger partial charge in [0.25, 0.3) is 0 Å². The van der Waals surface area contributed by atoms with E-state index in [4.69, 9.17) is 0 Å². The van der Waals surface area contributed by atoms with Crippen molar-refractivity contribution in [2.24, 2.45) is 0 Å². The zero-order chi connectivity index (χ0) is 22.7. The monoisotopic (exact) mass is 488 g/mol. The van der Waals surface area contributed by atoms with Crippen molar-refractivity contribution in [3.63, 3.8) is 0 Å². The predicted molar refractivity (Wildman–Crippen MR) is 130 cm³/mol. The van der Waals surface area contributed by atoms with Crippen molar-refractivity contribution in [1.29, 1.82) is 0 Å². The number of fused-ring (bicyclic) bond motifs is 1. The van der Waals surface area contributed by atoms with Gasteiger partial charge in [0, 0.05) is 41.9 Å². The third kappa shape index (κ3) is 5.03. The molecule has 3 aromatic rings. The average Bonchev–Trinajstić information content (AvgIpc) is 3.11. The lowest BCUT2D eigenvalue weighted by atomic mass is 10.2. The first-order valence-corrected chi connectivity index (χ1v) is 13.5. The van der Waals surface area contributed by atoms with E-state index in [9.17, 15) is 13.2 Å². The normalized spacial score (nSPS) is 15.6. The molecule has 3 heterocycles. The summed E-state index contributed by atoms with van der Waals surface area (Å²) in [4.78, 5) is 25.3. The maximum atomic E-state index is 12.7. The average molecular weight is 489 g/mol. The second-order valence-corrected chi connectivity index (χ2v) is 11.5. The maximum absolute atomic E-state index is 12.7. The van der Waals surface area contributed by atoms with Crippen LogP contribution in [0.3, 0.4) is 0 Å². The smallest absolute Gasteiger partial charge is 0.236 e. The number of aromatic nitrogens is 2. The SMILES string of the molecule is Cc1sc2ncnc(SCC(=O)N3CCN(S(=O)(=O)/C=C/c4ccccc4)CC3)c2c1C. The molecule has 2 aromatic heterocycles. The molecular weight excluding hydrogens is 464 g/mol. The number of rotatable bonds is 6. The maximum Gasteiger partial charge on any atom is 0.236 e. The number of nitrogens with zero attached hydrogens (tertiary/aromatic N) is 4. The molecule has 1 aromatic carbocycles. The Labute approximate surface area is 196 Å². The third-order valence-corrected chi connectivity index (χ3v) is 9.10. The van der Waals surface area contributed by atoms with E-state index in [0.29, 0.717) is 26.2 Å². The molecule has 7 nitrogen and oxygen atoms in total. The third-order valence-electron chi connectivity index (χ3n) is 5.45. The van der Waals surface area contributed by atoms with Crippen LogP contribution >= 0.6 is 23.1 Å².